The zero-order valence-corrected chi connectivity index (χ0v) is 15.5. The largest absolute Gasteiger partial charge is 0.467 e. The quantitative estimate of drug-likeness (QED) is 0.529. The zero-order chi connectivity index (χ0) is 20.2. The molecule has 2 heterocycles. The van der Waals surface area contributed by atoms with Crippen LogP contribution in [0.3, 0.4) is 0 Å². The first-order valence-corrected chi connectivity index (χ1v) is 9.21. The number of carbonyl (C=O) groups excluding carboxylic acids is 1. The molecule has 2 aromatic heterocycles. The van der Waals surface area contributed by atoms with Gasteiger partial charge in [0, 0.05) is 6.42 Å². The van der Waals surface area contributed by atoms with E-state index in [1.807, 2.05) is 30.3 Å². The van der Waals surface area contributed by atoms with Gasteiger partial charge in [-0.05, 0) is 29.8 Å². The van der Waals surface area contributed by atoms with Crippen LogP contribution in [0.25, 0.3) is 10.9 Å². The molecule has 0 aliphatic carbocycles. The first-order valence-electron chi connectivity index (χ1n) is 9.21. The lowest BCUT2D eigenvalue weighted by Crippen LogP contribution is -2.45. The van der Waals surface area contributed by atoms with Gasteiger partial charge in [-0.1, -0.05) is 42.5 Å². The molecule has 7 nitrogen and oxygen atoms in total. The molecular weight excluding hydrogens is 370 g/mol. The average molecular weight is 389 g/mol. The van der Waals surface area contributed by atoms with Gasteiger partial charge in [0.2, 0.25) is 5.91 Å². The number of nitrogens with zero attached hydrogens (tertiary/aromatic N) is 1. The number of nitrogens with one attached hydrogen (secondary N) is 2. The Morgan fingerprint density at radius 1 is 1.00 bits per heavy atom. The van der Waals surface area contributed by atoms with Gasteiger partial charge >= 0.3 is 5.69 Å². The molecule has 2 aromatic carbocycles. The van der Waals surface area contributed by atoms with Crippen LogP contribution in [0.5, 0.6) is 0 Å². The second-order valence-electron chi connectivity index (χ2n) is 6.65. The normalized spacial score (nSPS) is 12.0. The number of benzene rings is 2. The number of aromatic nitrogens is 2. The molecule has 4 aromatic rings. The minimum atomic E-state index is -1.01. The van der Waals surface area contributed by atoms with Crippen molar-refractivity contribution < 1.29 is 9.21 Å². The van der Waals surface area contributed by atoms with Gasteiger partial charge in [0.05, 0.1) is 23.7 Å². The summed E-state index contributed by atoms with van der Waals surface area (Å²) >= 11 is 0. The minimum absolute atomic E-state index is 0.164. The maximum atomic E-state index is 13.1. The second-order valence-corrected chi connectivity index (χ2v) is 6.65. The first-order chi connectivity index (χ1) is 14.1. The van der Waals surface area contributed by atoms with Gasteiger partial charge < -0.3 is 14.7 Å². The maximum absolute atomic E-state index is 13.1. The van der Waals surface area contributed by atoms with Crippen LogP contribution < -0.4 is 16.6 Å². The van der Waals surface area contributed by atoms with Crippen molar-refractivity contribution in [3.63, 3.8) is 0 Å². The summed E-state index contributed by atoms with van der Waals surface area (Å²) in [4.78, 5) is 41.5. The lowest BCUT2D eigenvalue weighted by molar-refractivity contribution is -0.124. The minimum Gasteiger partial charge on any atom is -0.467 e. The van der Waals surface area contributed by atoms with Crippen LogP contribution in [-0.4, -0.2) is 15.5 Å². The number of amides is 1. The zero-order valence-electron chi connectivity index (χ0n) is 15.5. The predicted molar refractivity (Wildman–Crippen MR) is 109 cm³/mol. The number of para-hydroxylation sites is 1. The Morgan fingerprint density at radius 3 is 2.52 bits per heavy atom. The third-order valence-corrected chi connectivity index (χ3v) is 4.74. The molecule has 1 amide bonds. The average Bonchev–Trinajstić information content (AvgIpc) is 3.26. The summed E-state index contributed by atoms with van der Waals surface area (Å²) in [6, 6.07) is 18.5. The fraction of sp³-hybridized carbons (Fsp3) is 0.136. The highest BCUT2D eigenvalue weighted by Gasteiger charge is 2.25. The van der Waals surface area contributed by atoms with E-state index in [9.17, 15) is 14.4 Å². The summed E-state index contributed by atoms with van der Waals surface area (Å²) in [5.41, 5.74) is 0.152. The van der Waals surface area contributed by atoms with Gasteiger partial charge in [-0.3, -0.25) is 9.59 Å². The van der Waals surface area contributed by atoms with Crippen LogP contribution >= 0.6 is 0 Å². The van der Waals surface area contributed by atoms with Crippen molar-refractivity contribution >= 4 is 16.8 Å². The summed E-state index contributed by atoms with van der Waals surface area (Å²) in [6.07, 6.45) is 1.72. The highest BCUT2D eigenvalue weighted by atomic mass is 16.3. The molecule has 0 saturated carbocycles. The van der Waals surface area contributed by atoms with Crippen molar-refractivity contribution in [2.45, 2.75) is 19.0 Å². The van der Waals surface area contributed by atoms with Crippen LogP contribution in [0, 0.1) is 0 Å². The van der Waals surface area contributed by atoms with Crippen molar-refractivity contribution in [1.82, 2.24) is 14.9 Å². The number of hydrogen-bond donors (Lipinski definition) is 2. The van der Waals surface area contributed by atoms with Gasteiger partial charge in [0.25, 0.3) is 5.56 Å². The molecule has 146 valence electrons. The van der Waals surface area contributed by atoms with E-state index in [0.29, 0.717) is 16.7 Å². The Balaban J connectivity index is 1.75. The molecule has 0 radical (unpaired) electrons. The molecule has 0 aliphatic rings. The van der Waals surface area contributed by atoms with Crippen LogP contribution in [0.2, 0.25) is 0 Å². The molecule has 0 saturated heterocycles. The fourth-order valence-electron chi connectivity index (χ4n) is 3.30. The number of furan rings is 1. The van der Waals surface area contributed by atoms with Crippen LogP contribution in [0.4, 0.5) is 0 Å². The summed E-state index contributed by atoms with van der Waals surface area (Å²) in [6.45, 7) is 0.164. The summed E-state index contributed by atoms with van der Waals surface area (Å²) in [5.74, 6) is 0.143. The summed E-state index contributed by atoms with van der Waals surface area (Å²) in [5, 5.41) is 3.11. The van der Waals surface area contributed by atoms with Gasteiger partial charge in [0.1, 0.15) is 11.8 Å². The first kappa shape index (κ1) is 18.5. The standard InChI is InChI=1S/C22H19N3O4/c26-20(23-14-16-9-6-12-29-16)19(13-15-7-2-1-3-8-15)25-21(27)17-10-4-5-11-18(17)24-22(25)28/h1-12,19H,13-14H2,(H,23,26)(H,24,28). The fourth-order valence-corrected chi connectivity index (χ4v) is 3.30. The van der Waals surface area contributed by atoms with E-state index in [-0.39, 0.29) is 13.0 Å². The molecule has 0 aliphatic heterocycles. The lowest BCUT2D eigenvalue weighted by atomic mass is 10.0. The number of hydrogen-bond acceptors (Lipinski definition) is 4. The molecule has 2 N–H and O–H groups in total. The van der Waals surface area contributed by atoms with Gasteiger partial charge in [-0.2, -0.15) is 0 Å². The molecule has 4 rings (SSSR count). The van der Waals surface area contributed by atoms with Gasteiger partial charge in [-0.15, -0.1) is 0 Å². The topological polar surface area (TPSA) is 97.1 Å². The van der Waals surface area contributed by atoms with Crippen molar-refractivity contribution in [1.29, 1.82) is 0 Å². The smallest absolute Gasteiger partial charge is 0.329 e. The van der Waals surface area contributed by atoms with Crippen LogP contribution in [0.1, 0.15) is 17.4 Å². The number of rotatable bonds is 6. The molecule has 0 fully saturated rings. The van der Waals surface area contributed by atoms with Crippen molar-refractivity contribution in [3.05, 3.63) is 105 Å². The van der Waals surface area contributed by atoms with Gasteiger partial charge in [-0.25, -0.2) is 9.36 Å². The van der Waals surface area contributed by atoms with Crippen LogP contribution in [0.15, 0.2) is 87.0 Å². The summed E-state index contributed by atoms with van der Waals surface area (Å²) < 4.78 is 6.23. The third kappa shape index (κ3) is 3.89. The monoisotopic (exact) mass is 389 g/mol. The lowest BCUT2D eigenvalue weighted by Gasteiger charge is -2.19. The Hall–Kier alpha value is -3.87. The van der Waals surface area contributed by atoms with Crippen molar-refractivity contribution in [2.24, 2.45) is 0 Å². The molecule has 1 unspecified atom stereocenters. The molecule has 0 bridgehead atoms. The summed E-state index contributed by atoms with van der Waals surface area (Å²) in [7, 11) is 0. The maximum Gasteiger partial charge on any atom is 0.329 e. The Kier molecular flexibility index (Phi) is 5.11. The Bertz CT molecular complexity index is 1240. The number of aromatic amines is 1. The number of H-pyrrole nitrogens is 1. The van der Waals surface area contributed by atoms with E-state index >= 15 is 0 Å². The van der Waals surface area contributed by atoms with Crippen LogP contribution in [-0.2, 0) is 17.8 Å². The van der Waals surface area contributed by atoms with Crippen molar-refractivity contribution in [3.8, 4) is 0 Å². The SMILES string of the molecule is O=C(NCc1ccco1)C(Cc1ccccc1)n1c(=O)[nH]c2ccccc2c1=O. The Morgan fingerprint density at radius 2 is 1.76 bits per heavy atom. The van der Waals surface area contributed by atoms with E-state index in [0.717, 1.165) is 10.1 Å². The van der Waals surface area contributed by atoms with E-state index in [1.54, 1.807) is 36.4 Å². The number of fused-ring (bicyclic) bond motifs is 1. The van der Waals surface area contributed by atoms with E-state index < -0.39 is 23.2 Å². The molecule has 0 spiro atoms. The molecule has 1 atom stereocenters. The van der Waals surface area contributed by atoms with Gasteiger partial charge in [0.15, 0.2) is 0 Å². The highest BCUT2D eigenvalue weighted by Crippen LogP contribution is 2.14. The van der Waals surface area contributed by atoms with E-state index in [1.165, 1.54) is 6.26 Å². The molecular formula is C22H19N3O4. The molecule has 29 heavy (non-hydrogen) atoms. The van der Waals surface area contributed by atoms with E-state index in [4.69, 9.17) is 4.42 Å². The molecule has 7 heteroatoms. The van der Waals surface area contributed by atoms with E-state index in [2.05, 4.69) is 10.3 Å². The van der Waals surface area contributed by atoms with Crippen molar-refractivity contribution in [2.75, 3.05) is 0 Å². The highest BCUT2D eigenvalue weighted by molar-refractivity contribution is 5.82. The Labute approximate surface area is 165 Å². The number of carbonyl (C=O) groups is 1. The predicted octanol–water partition coefficient (Wildman–Crippen LogP) is 2.38. The third-order valence-electron chi connectivity index (χ3n) is 4.74. The second kappa shape index (κ2) is 8.02.